The zero-order valence-electron chi connectivity index (χ0n) is 16.0. The molecule has 9 heteroatoms. The Balaban J connectivity index is 1.34. The summed E-state index contributed by atoms with van der Waals surface area (Å²) in [5, 5.41) is 9.51. The van der Waals surface area contributed by atoms with E-state index in [-0.39, 0.29) is 30.7 Å². The first-order chi connectivity index (χ1) is 14.5. The van der Waals surface area contributed by atoms with Crippen LogP contribution in [0.25, 0.3) is 10.6 Å². The van der Waals surface area contributed by atoms with Crippen molar-refractivity contribution in [1.82, 2.24) is 15.1 Å². The molecule has 0 spiro atoms. The van der Waals surface area contributed by atoms with E-state index in [2.05, 4.69) is 26.1 Å². The summed E-state index contributed by atoms with van der Waals surface area (Å²) < 4.78 is 0.973. The van der Waals surface area contributed by atoms with Crippen LogP contribution in [0.4, 0.5) is 5.13 Å². The molecule has 0 aliphatic carbocycles. The van der Waals surface area contributed by atoms with Crippen LogP contribution < -0.4 is 4.90 Å². The van der Waals surface area contributed by atoms with Gasteiger partial charge in [0.25, 0.3) is 11.8 Å². The van der Waals surface area contributed by atoms with Gasteiger partial charge < -0.3 is 0 Å². The molecule has 3 amide bonds. The monoisotopic (exact) mass is 484 g/mol. The summed E-state index contributed by atoms with van der Waals surface area (Å²) in [4.78, 5) is 40.0. The molecule has 0 fully saturated rings. The first kappa shape index (κ1) is 20.4. The maximum absolute atomic E-state index is 12.6. The second-order valence-corrected chi connectivity index (χ2v) is 8.63. The highest BCUT2D eigenvalue weighted by Gasteiger charge is 2.34. The van der Waals surface area contributed by atoms with Crippen molar-refractivity contribution in [2.75, 3.05) is 18.5 Å². The topological polar surface area (TPSA) is 83.5 Å². The average Bonchev–Trinajstić information content (AvgIpc) is 3.34. The first-order valence-electron chi connectivity index (χ1n) is 9.27. The molecule has 0 saturated heterocycles. The SMILES string of the molecule is CN(C(=O)CCCN1C(=O)c2ccccc2C1=O)c1nnc(-c2ccc(Br)cc2)s1. The Morgan fingerprint density at radius 3 is 2.30 bits per heavy atom. The molecule has 0 saturated carbocycles. The molecule has 4 rings (SSSR count). The first-order valence-corrected chi connectivity index (χ1v) is 10.9. The number of rotatable bonds is 6. The van der Waals surface area contributed by atoms with Crippen LogP contribution in [0.15, 0.2) is 53.0 Å². The second-order valence-electron chi connectivity index (χ2n) is 6.76. The molecule has 3 aromatic rings. The minimum Gasteiger partial charge on any atom is -0.290 e. The molecule has 2 heterocycles. The molecular formula is C21H17BrN4O3S. The summed E-state index contributed by atoms with van der Waals surface area (Å²) in [5.41, 5.74) is 1.76. The van der Waals surface area contributed by atoms with Gasteiger partial charge in [-0.15, -0.1) is 10.2 Å². The van der Waals surface area contributed by atoms with Crippen LogP contribution in [-0.2, 0) is 4.79 Å². The van der Waals surface area contributed by atoms with Crippen molar-refractivity contribution < 1.29 is 14.4 Å². The molecule has 30 heavy (non-hydrogen) atoms. The third-order valence-electron chi connectivity index (χ3n) is 4.82. The van der Waals surface area contributed by atoms with Crippen LogP contribution in [0.5, 0.6) is 0 Å². The number of imide groups is 1. The zero-order chi connectivity index (χ0) is 21.3. The fraction of sp³-hybridized carbons (Fsp3) is 0.190. The molecule has 7 nitrogen and oxygen atoms in total. The van der Waals surface area contributed by atoms with Gasteiger partial charge >= 0.3 is 0 Å². The number of hydrogen-bond acceptors (Lipinski definition) is 6. The Labute approximate surface area is 185 Å². The third-order valence-corrected chi connectivity index (χ3v) is 6.39. The number of aromatic nitrogens is 2. The van der Waals surface area contributed by atoms with Gasteiger partial charge in [0.2, 0.25) is 11.0 Å². The fourth-order valence-corrected chi connectivity index (χ4v) is 4.26. The molecule has 0 bridgehead atoms. The summed E-state index contributed by atoms with van der Waals surface area (Å²) in [5.74, 6) is -0.760. The highest BCUT2D eigenvalue weighted by atomic mass is 79.9. The van der Waals surface area contributed by atoms with Gasteiger partial charge in [0.1, 0.15) is 5.01 Å². The summed E-state index contributed by atoms with van der Waals surface area (Å²) >= 11 is 4.73. The lowest BCUT2D eigenvalue weighted by Crippen LogP contribution is -2.32. The molecule has 0 atom stereocenters. The lowest BCUT2D eigenvalue weighted by atomic mass is 10.1. The number of benzene rings is 2. The Morgan fingerprint density at radius 1 is 1.03 bits per heavy atom. The molecule has 0 unspecified atom stereocenters. The van der Waals surface area contributed by atoms with Gasteiger partial charge in [-0.3, -0.25) is 24.2 Å². The number of amides is 3. The Kier molecular flexibility index (Phi) is 5.74. The number of carbonyl (C=O) groups is 3. The minimum absolute atomic E-state index is 0.148. The summed E-state index contributed by atoms with van der Waals surface area (Å²) in [6.45, 7) is 0.201. The van der Waals surface area contributed by atoms with Crippen LogP contribution in [0.3, 0.4) is 0 Å². The predicted octanol–water partition coefficient (Wildman–Crippen LogP) is 4.01. The summed E-state index contributed by atoms with van der Waals surface area (Å²) in [7, 11) is 1.65. The van der Waals surface area contributed by atoms with Crippen molar-refractivity contribution in [2.24, 2.45) is 0 Å². The Bertz CT molecular complexity index is 1090. The van der Waals surface area contributed by atoms with Gasteiger partial charge in [-0.25, -0.2) is 0 Å². The van der Waals surface area contributed by atoms with Crippen molar-refractivity contribution >= 4 is 50.1 Å². The van der Waals surface area contributed by atoms with Gasteiger partial charge in [0.05, 0.1) is 11.1 Å². The third kappa shape index (κ3) is 3.90. The van der Waals surface area contributed by atoms with Crippen LogP contribution >= 0.6 is 27.3 Å². The number of carbonyl (C=O) groups excluding carboxylic acids is 3. The number of halogens is 1. The molecule has 1 aromatic heterocycles. The van der Waals surface area contributed by atoms with Crippen molar-refractivity contribution in [3.8, 4) is 10.6 Å². The second kappa shape index (κ2) is 8.45. The van der Waals surface area contributed by atoms with Crippen LogP contribution in [0.1, 0.15) is 33.6 Å². The van der Waals surface area contributed by atoms with E-state index in [9.17, 15) is 14.4 Å². The fourth-order valence-electron chi connectivity index (χ4n) is 3.17. The lowest BCUT2D eigenvalue weighted by molar-refractivity contribution is -0.118. The van der Waals surface area contributed by atoms with Crippen molar-refractivity contribution in [3.05, 3.63) is 64.1 Å². The van der Waals surface area contributed by atoms with Gasteiger partial charge in [-0.2, -0.15) is 0 Å². The van der Waals surface area contributed by atoms with Gasteiger partial charge in [-0.05, 0) is 30.7 Å². The van der Waals surface area contributed by atoms with Gasteiger partial charge in [0.15, 0.2) is 0 Å². The maximum atomic E-state index is 12.6. The van der Waals surface area contributed by atoms with E-state index in [0.29, 0.717) is 22.7 Å². The van der Waals surface area contributed by atoms with E-state index in [0.717, 1.165) is 15.0 Å². The zero-order valence-corrected chi connectivity index (χ0v) is 18.4. The molecule has 0 radical (unpaired) electrons. The van der Waals surface area contributed by atoms with Crippen LogP contribution in [0.2, 0.25) is 0 Å². The number of anilines is 1. The molecule has 1 aliphatic heterocycles. The lowest BCUT2D eigenvalue weighted by Gasteiger charge is -2.16. The van der Waals surface area contributed by atoms with Gasteiger partial charge in [-0.1, -0.05) is 51.5 Å². The van der Waals surface area contributed by atoms with E-state index >= 15 is 0 Å². The molecule has 152 valence electrons. The summed E-state index contributed by atoms with van der Waals surface area (Å²) in [6.07, 6.45) is 0.574. The Hall–Kier alpha value is -2.91. The average molecular weight is 485 g/mol. The maximum Gasteiger partial charge on any atom is 0.261 e. The van der Waals surface area contributed by atoms with Crippen LogP contribution in [-0.4, -0.2) is 46.4 Å². The van der Waals surface area contributed by atoms with E-state index in [4.69, 9.17) is 0 Å². The molecule has 0 N–H and O–H groups in total. The van der Waals surface area contributed by atoms with Crippen molar-refractivity contribution in [2.45, 2.75) is 12.8 Å². The molecule has 1 aliphatic rings. The minimum atomic E-state index is -0.306. The van der Waals surface area contributed by atoms with E-state index in [1.165, 1.54) is 21.1 Å². The number of hydrogen-bond donors (Lipinski definition) is 0. The van der Waals surface area contributed by atoms with Crippen molar-refractivity contribution in [3.63, 3.8) is 0 Å². The normalized spacial score (nSPS) is 12.9. The summed E-state index contributed by atoms with van der Waals surface area (Å²) in [6, 6.07) is 14.5. The molecular weight excluding hydrogens is 468 g/mol. The van der Waals surface area contributed by atoms with E-state index < -0.39 is 0 Å². The predicted molar refractivity (Wildman–Crippen MR) is 117 cm³/mol. The highest BCUT2D eigenvalue weighted by Crippen LogP contribution is 2.29. The standard InChI is InChI=1S/C21H17BrN4O3S/c1-25(21-24-23-18(30-21)13-8-10-14(22)11-9-13)17(27)7-4-12-26-19(28)15-5-2-3-6-16(15)20(26)29/h2-3,5-6,8-11H,4,7,12H2,1H3. The Morgan fingerprint density at radius 2 is 1.67 bits per heavy atom. The number of nitrogens with zero attached hydrogens (tertiary/aromatic N) is 4. The van der Waals surface area contributed by atoms with Gasteiger partial charge in [0, 0.05) is 30.0 Å². The quantitative estimate of drug-likeness (QED) is 0.493. The molecule has 2 aromatic carbocycles. The largest absolute Gasteiger partial charge is 0.290 e. The van der Waals surface area contributed by atoms with E-state index in [1.54, 1.807) is 31.3 Å². The highest BCUT2D eigenvalue weighted by molar-refractivity contribution is 9.10. The van der Waals surface area contributed by atoms with Crippen LogP contribution in [0, 0.1) is 0 Å². The smallest absolute Gasteiger partial charge is 0.261 e. The van der Waals surface area contributed by atoms with E-state index in [1.807, 2.05) is 24.3 Å². The van der Waals surface area contributed by atoms with Crippen molar-refractivity contribution in [1.29, 1.82) is 0 Å². The number of fused-ring (bicyclic) bond motifs is 1.